The molecule has 14 heavy (non-hydrogen) atoms. The van der Waals surface area contributed by atoms with Crippen LogP contribution in [0.1, 0.15) is 0 Å². The maximum Gasteiger partial charge on any atom is 0.0977 e. The number of hydrogen-bond acceptors (Lipinski definition) is 3. The molecule has 1 aromatic carbocycles. The lowest BCUT2D eigenvalue weighted by Crippen LogP contribution is -1.82. The van der Waals surface area contributed by atoms with E-state index < -0.39 is 0 Å². The molecular formula is C11H8N2S. The van der Waals surface area contributed by atoms with Crippen LogP contribution in [0.5, 0.6) is 0 Å². The van der Waals surface area contributed by atoms with Crippen molar-refractivity contribution in [2.45, 2.75) is 5.03 Å². The van der Waals surface area contributed by atoms with Crippen LogP contribution >= 0.6 is 11.8 Å². The van der Waals surface area contributed by atoms with Gasteiger partial charge in [0.05, 0.1) is 22.4 Å². The summed E-state index contributed by atoms with van der Waals surface area (Å²) in [5.74, 6) is 0.450. The number of thioether (sulfide) groups is 1. The van der Waals surface area contributed by atoms with Gasteiger partial charge >= 0.3 is 0 Å². The summed E-state index contributed by atoms with van der Waals surface area (Å²) in [5.41, 5.74) is 0.982. The highest BCUT2D eigenvalue weighted by Crippen LogP contribution is 2.19. The van der Waals surface area contributed by atoms with Gasteiger partial charge in [0.25, 0.3) is 0 Å². The molecule has 0 aliphatic heterocycles. The average molecular weight is 200 g/mol. The summed E-state index contributed by atoms with van der Waals surface area (Å²) in [7, 11) is 0. The van der Waals surface area contributed by atoms with Crippen molar-refractivity contribution in [1.82, 2.24) is 4.98 Å². The van der Waals surface area contributed by atoms with Crippen LogP contribution in [-0.2, 0) is 0 Å². The molecule has 2 aromatic rings. The SMILES string of the molecule is N#CCSc1ccc2ccccc2n1. The highest BCUT2D eigenvalue weighted by Gasteiger charge is 1.97. The third-order valence-corrected chi connectivity index (χ3v) is 2.65. The first-order chi connectivity index (χ1) is 6.90. The summed E-state index contributed by atoms with van der Waals surface area (Å²) < 4.78 is 0. The highest BCUT2D eigenvalue weighted by molar-refractivity contribution is 7.99. The second-order valence-electron chi connectivity index (χ2n) is 2.79. The van der Waals surface area contributed by atoms with Crippen LogP contribution < -0.4 is 0 Å². The Kier molecular flexibility index (Phi) is 2.66. The van der Waals surface area contributed by atoms with E-state index in [0.717, 1.165) is 15.9 Å². The zero-order chi connectivity index (χ0) is 9.80. The molecule has 1 heterocycles. The van der Waals surface area contributed by atoms with Gasteiger partial charge in [-0.3, -0.25) is 0 Å². The average Bonchev–Trinajstić information content (AvgIpc) is 2.26. The Bertz CT molecular complexity index is 488. The molecule has 0 aliphatic carbocycles. The summed E-state index contributed by atoms with van der Waals surface area (Å²) in [6.07, 6.45) is 0. The molecule has 3 heteroatoms. The third kappa shape index (κ3) is 1.86. The van der Waals surface area contributed by atoms with Crippen LogP contribution in [0.2, 0.25) is 0 Å². The minimum absolute atomic E-state index is 0.450. The Balaban J connectivity index is 2.37. The van der Waals surface area contributed by atoms with Gasteiger partial charge in [-0.25, -0.2) is 4.98 Å². The number of hydrogen-bond donors (Lipinski definition) is 0. The number of nitriles is 1. The van der Waals surface area contributed by atoms with E-state index in [4.69, 9.17) is 5.26 Å². The highest BCUT2D eigenvalue weighted by atomic mass is 32.2. The van der Waals surface area contributed by atoms with E-state index in [9.17, 15) is 0 Å². The van der Waals surface area contributed by atoms with E-state index in [1.54, 1.807) is 0 Å². The molecule has 1 aromatic heterocycles. The first kappa shape index (κ1) is 9.04. The molecule has 0 radical (unpaired) electrons. The zero-order valence-electron chi connectivity index (χ0n) is 7.47. The maximum absolute atomic E-state index is 8.44. The van der Waals surface area contributed by atoms with Crippen molar-refractivity contribution in [3.05, 3.63) is 36.4 Å². The minimum atomic E-state index is 0.450. The molecule has 68 valence electrons. The van der Waals surface area contributed by atoms with Gasteiger partial charge in [-0.05, 0) is 12.1 Å². The number of benzene rings is 1. The standard InChI is InChI=1S/C11H8N2S/c12-7-8-14-11-6-5-9-3-1-2-4-10(9)13-11/h1-6H,8H2. The molecule has 0 aliphatic rings. The fourth-order valence-corrected chi connectivity index (χ4v) is 1.77. The first-order valence-electron chi connectivity index (χ1n) is 4.26. The van der Waals surface area contributed by atoms with Crippen molar-refractivity contribution in [2.24, 2.45) is 0 Å². The van der Waals surface area contributed by atoms with Crippen LogP contribution in [0.25, 0.3) is 10.9 Å². The molecule has 2 nitrogen and oxygen atoms in total. The minimum Gasteiger partial charge on any atom is -0.241 e. The predicted molar refractivity (Wildman–Crippen MR) is 58.1 cm³/mol. The zero-order valence-corrected chi connectivity index (χ0v) is 8.29. The second kappa shape index (κ2) is 4.12. The fraction of sp³-hybridized carbons (Fsp3) is 0.0909. The molecule has 0 saturated carbocycles. The topological polar surface area (TPSA) is 36.7 Å². The summed E-state index contributed by atoms with van der Waals surface area (Å²) in [6, 6.07) is 14.0. The monoisotopic (exact) mass is 200 g/mol. The van der Waals surface area contributed by atoms with E-state index >= 15 is 0 Å². The Morgan fingerprint density at radius 2 is 2.07 bits per heavy atom. The number of rotatable bonds is 2. The smallest absolute Gasteiger partial charge is 0.0977 e. The van der Waals surface area contributed by atoms with Gasteiger partial charge in [-0.1, -0.05) is 36.0 Å². The van der Waals surface area contributed by atoms with E-state index in [1.165, 1.54) is 11.8 Å². The van der Waals surface area contributed by atoms with Crippen LogP contribution in [0.15, 0.2) is 41.4 Å². The molecule has 0 spiro atoms. The van der Waals surface area contributed by atoms with Crippen molar-refractivity contribution < 1.29 is 0 Å². The number of fused-ring (bicyclic) bond motifs is 1. The van der Waals surface area contributed by atoms with E-state index in [1.807, 2.05) is 36.4 Å². The van der Waals surface area contributed by atoms with Gasteiger partial charge < -0.3 is 0 Å². The molecule has 0 atom stereocenters. The van der Waals surface area contributed by atoms with Gasteiger partial charge in [-0.2, -0.15) is 5.26 Å². The van der Waals surface area contributed by atoms with Gasteiger partial charge in [0.15, 0.2) is 0 Å². The first-order valence-corrected chi connectivity index (χ1v) is 5.24. The summed E-state index contributed by atoms with van der Waals surface area (Å²) in [4.78, 5) is 4.42. The third-order valence-electron chi connectivity index (χ3n) is 1.86. The maximum atomic E-state index is 8.44. The van der Waals surface area contributed by atoms with Gasteiger partial charge in [-0.15, -0.1) is 0 Å². The summed E-state index contributed by atoms with van der Waals surface area (Å²) in [5, 5.41) is 10.5. The van der Waals surface area contributed by atoms with Crippen molar-refractivity contribution >= 4 is 22.7 Å². The van der Waals surface area contributed by atoms with Gasteiger partial charge in [0, 0.05) is 5.39 Å². The molecule has 2 rings (SSSR count). The number of pyridine rings is 1. The van der Waals surface area contributed by atoms with Crippen LogP contribution in [0.3, 0.4) is 0 Å². The molecular weight excluding hydrogens is 192 g/mol. The van der Waals surface area contributed by atoms with Gasteiger partial charge in [0.2, 0.25) is 0 Å². The van der Waals surface area contributed by atoms with Crippen molar-refractivity contribution in [1.29, 1.82) is 5.26 Å². The molecule has 0 N–H and O–H groups in total. The molecule has 0 bridgehead atoms. The fourth-order valence-electron chi connectivity index (χ4n) is 1.23. The molecule has 0 saturated heterocycles. The van der Waals surface area contributed by atoms with Crippen LogP contribution in [0.4, 0.5) is 0 Å². The Hall–Kier alpha value is -1.53. The normalized spacial score (nSPS) is 9.93. The van der Waals surface area contributed by atoms with Crippen molar-refractivity contribution in [3.63, 3.8) is 0 Å². The summed E-state index contributed by atoms with van der Waals surface area (Å²) in [6.45, 7) is 0. The Labute approximate surface area is 86.6 Å². The predicted octanol–water partition coefficient (Wildman–Crippen LogP) is 2.85. The number of aromatic nitrogens is 1. The summed E-state index contributed by atoms with van der Waals surface area (Å²) >= 11 is 1.46. The molecule has 0 unspecified atom stereocenters. The van der Waals surface area contributed by atoms with Crippen molar-refractivity contribution in [2.75, 3.05) is 5.75 Å². The largest absolute Gasteiger partial charge is 0.241 e. The van der Waals surface area contributed by atoms with Crippen LogP contribution in [-0.4, -0.2) is 10.7 Å². The Morgan fingerprint density at radius 3 is 2.93 bits per heavy atom. The molecule has 0 fully saturated rings. The lowest BCUT2D eigenvalue weighted by molar-refractivity contribution is 1.19. The molecule has 0 amide bonds. The van der Waals surface area contributed by atoms with E-state index in [-0.39, 0.29) is 0 Å². The number of para-hydroxylation sites is 1. The van der Waals surface area contributed by atoms with Gasteiger partial charge in [0.1, 0.15) is 0 Å². The quantitative estimate of drug-likeness (QED) is 0.699. The van der Waals surface area contributed by atoms with E-state index in [0.29, 0.717) is 5.75 Å². The Morgan fingerprint density at radius 1 is 1.21 bits per heavy atom. The second-order valence-corrected chi connectivity index (χ2v) is 3.78. The lowest BCUT2D eigenvalue weighted by atomic mass is 10.2. The number of nitrogens with zero attached hydrogens (tertiary/aromatic N) is 2. The van der Waals surface area contributed by atoms with Crippen LogP contribution in [0, 0.1) is 11.3 Å². The lowest BCUT2D eigenvalue weighted by Gasteiger charge is -1.99. The van der Waals surface area contributed by atoms with Crippen molar-refractivity contribution in [3.8, 4) is 6.07 Å². The van der Waals surface area contributed by atoms with E-state index in [2.05, 4.69) is 11.1 Å².